The molecule has 0 aliphatic carbocycles. The van der Waals surface area contributed by atoms with E-state index in [4.69, 9.17) is 4.74 Å². The van der Waals surface area contributed by atoms with Gasteiger partial charge in [0, 0.05) is 13.1 Å². The van der Waals surface area contributed by atoms with E-state index in [-0.39, 0.29) is 24.6 Å². The summed E-state index contributed by atoms with van der Waals surface area (Å²) in [5, 5.41) is 12.2. The van der Waals surface area contributed by atoms with E-state index in [1.54, 1.807) is 11.0 Å². The monoisotopic (exact) mass is 382 g/mol. The van der Waals surface area contributed by atoms with Crippen LogP contribution in [-0.4, -0.2) is 35.1 Å². The Labute approximate surface area is 165 Å². The smallest absolute Gasteiger partial charge is 0.321 e. The summed E-state index contributed by atoms with van der Waals surface area (Å²) in [6.45, 7) is 4.68. The van der Waals surface area contributed by atoms with Crippen LogP contribution in [0.5, 0.6) is 5.75 Å². The Balaban J connectivity index is 1.70. The van der Waals surface area contributed by atoms with Gasteiger partial charge < -0.3 is 20.1 Å². The average Bonchev–Trinajstić information content (AvgIpc) is 2.69. The highest BCUT2D eigenvalue weighted by molar-refractivity contribution is 5.91. The number of anilines is 1. The average molecular weight is 382 g/mol. The number of amides is 2. The normalized spacial score (nSPS) is 20.3. The van der Waals surface area contributed by atoms with Gasteiger partial charge in [-0.3, -0.25) is 4.79 Å². The molecule has 1 aliphatic heterocycles. The van der Waals surface area contributed by atoms with Crippen molar-refractivity contribution in [3.63, 3.8) is 0 Å². The predicted octanol–water partition coefficient (Wildman–Crippen LogP) is 4.40. The van der Waals surface area contributed by atoms with E-state index in [1.807, 2.05) is 62.4 Å². The van der Waals surface area contributed by atoms with Crippen LogP contribution >= 0.6 is 0 Å². The summed E-state index contributed by atoms with van der Waals surface area (Å²) in [6, 6.07) is 16.8. The molecule has 1 fully saturated rings. The van der Waals surface area contributed by atoms with Crippen LogP contribution in [-0.2, 0) is 4.79 Å². The Kier molecular flexibility index (Phi) is 6.19. The van der Waals surface area contributed by atoms with Gasteiger partial charge in [0.1, 0.15) is 11.9 Å². The van der Waals surface area contributed by atoms with Crippen molar-refractivity contribution in [2.75, 3.05) is 18.4 Å². The van der Waals surface area contributed by atoms with Crippen molar-refractivity contribution >= 4 is 17.7 Å². The topological polar surface area (TPSA) is 78.9 Å². The van der Waals surface area contributed by atoms with E-state index in [2.05, 4.69) is 5.32 Å². The first kappa shape index (κ1) is 19.7. The van der Waals surface area contributed by atoms with E-state index >= 15 is 0 Å². The van der Waals surface area contributed by atoms with Gasteiger partial charge in [0.2, 0.25) is 0 Å². The van der Waals surface area contributed by atoms with Crippen LogP contribution in [0.4, 0.5) is 10.5 Å². The third-order valence-electron chi connectivity index (χ3n) is 5.00. The maximum absolute atomic E-state index is 12.8. The molecule has 0 spiro atoms. The molecule has 6 nitrogen and oxygen atoms in total. The summed E-state index contributed by atoms with van der Waals surface area (Å²) in [5.74, 6) is -0.666. The van der Waals surface area contributed by atoms with Crippen molar-refractivity contribution in [3.8, 4) is 5.75 Å². The second kappa shape index (κ2) is 8.78. The number of aliphatic carboxylic acids is 1. The third kappa shape index (κ3) is 4.82. The summed E-state index contributed by atoms with van der Waals surface area (Å²) in [5.41, 5.74) is 1.61. The van der Waals surface area contributed by atoms with Crippen LogP contribution < -0.4 is 10.1 Å². The standard InChI is InChI=1S/C22H26N2O4/c1-15-12-18(21(25)26)14-24(13-15)22(27)23-19-10-6-7-11-20(19)28-16(2)17-8-4-3-5-9-17/h3-11,15-16,18H,12-14H2,1-2H3,(H,23,27)(H,25,26). The number of hydrogen-bond acceptors (Lipinski definition) is 3. The fourth-order valence-electron chi connectivity index (χ4n) is 3.55. The Morgan fingerprint density at radius 1 is 1.11 bits per heavy atom. The molecular weight excluding hydrogens is 356 g/mol. The lowest BCUT2D eigenvalue weighted by Crippen LogP contribution is -2.47. The van der Waals surface area contributed by atoms with Crippen LogP contribution in [0.3, 0.4) is 0 Å². The highest BCUT2D eigenvalue weighted by atomic mass is 16.5. The van der Waals surface area contributed by atoms with E-state index in [0.717, 1.165) is 5.56 Å². The zero-order valence-corrected chi connectivity index (χ0v) is 16.2. The first-order valence-corrected chi connectivity index (χ1v) is 9.53. The minimum absolute atomic E-state index is 0.144. The molecule has 2 amide bonds. The quantitative estimate of drug-likeness (QED) is 0.803. The molecule has 1 heterocycles. The first-order chi connectivity index (χ1) is 13.4. The second-order valence-corrected chi connectivity index (χ2v) is 7.38. The van der Waals surface area contributed by atoms with Crippen LogP contribution in [0.15, 0.2) is 54.6 Å². The highest BCUT2D eigenvalue weighted by Gasteiger charge is 2.32. The summed E-state index contributed by atoms with van der Waals surface area (Å²) in [7, 11) is 0. The van der Waals surface area contributed by atoms with E-state index in [1.165, 1.54) is 0 Å². The number of carbonyl (C=O) groups excluding carboxylic acids is 1. The molecule has 0 bridgehead atoms. The molecule has 148 valence electrons. The number of urea groups is 1. The minimum atomic E-state index is -0.857. The van der Waals surface area contributed by atoms with Gasteiger partial charge in [-0.1, -0.05) is 49.4 Å². The van der Waals surface area contributed by atoms with E-state index in [9.17, 15) is 14.7 Å². The Morgan fingerprint density at radius 3 is 2.50 bits per heavy atom. The first-order valence-electron chi connectivity index (χ1n) is 9.53. The molecule has 1 saturated heterocycles. The molecular formula is C22H26N2O4. The zero-order chi connectivity index (χ0) is 20.1. The molecule has 3 rings (SSSR count). The number of ether oxygens (including phenoxy) is 1. The number of likely N-dealkylation sites (tertiary alicyclic amines) is 1. The van der Waals surface area contributed by atoms with Crippen molar-refractivity contribution in [3.05, 3.63) is 60.2 Å². The van der Waals surface area contributed by atoms with Crippen molar-refractivity contribution in [1.29, 1.82) is 0 Å². The van der Waals surface area contributed by atoms with E-state index < -0.39 is 11.9 Å². The summed E-state index contributed by atoms with van der Waals surface area (Å²) < 4.78 is 6.07. The maximum Gasteiger partial charge on any atom is 0.321 e. The number of nitrogens with one attached hydrogen (secondary N) is 1. The van der Waals surface area contributed by atoms with Crippen LogP contribution in [0.2, 0.25) is 0 Å². The fourth-order valence-corrected chi connectivity index (χ4v) is 3.55. The molecule has 1 aliphatic rings. The molecule has 2 N–H and O–H groups in total. The maximum atomic E-state index is 12.8. The predicted molar refractivity (Wildman–Crippen MR) is 107 cm³/mol. The largest absolute Gasteiger partial charge is 0.484 e. The number of rotatable bonds is 5. The molecule has 2 aromatic rings. The Hall–Kier alpha value is -3.02. The van der Waals surface area contributed by atoms with Crippen molar-refractivity contribution in [1.82, 2.24) is 4.90 Å². The molecule has 3 unspecified atom stereocenters. The number of benzene rings is 2. The van der Waals surface area contributed by atoms with Gasteiger partial charge in [-0.2, -0.15) is 0 Å². The van der Waals surface area contributed by atoms with Gasteiger partial charge in [-0.25, -0.2) is 4.79 Å². The van der Waals surface area contributed by atoms with Gasteiger partial charge in [0.05, 0.1) is 11.6 Å². The molecule has 28 heavy (non-hydrogen) atoms. The lowest BCUT2D eigenvalue weighted by Gasteiger charge is -2.34. The molecule has 6 heteroatoms. The Morgan fingerprint density at radius 2 is 1.79 bits per heavy atom. The SMILES string of the molecule is CC1CC(C(=O)O)CN(C(=O)Nc2ccccc2OC(C)c2ccccc2)C1. The molecule has 0 saturated carbocycles. The number of carbonyl (C=O) groups is 2. The third-order valence-corrected chi connectivity index (χ3v) is 5.00. The number of piperidine rings is 1. The molecule has 0 aromatic heterocycles. The van der Waals surface area contributed by atoms with Gasteiger partial charge >= 0.3 is 12.0 Å². The number of carboxylic acid groups (broad SMARTS) is 1. The lowest BCUT2D eigenvalue weighted by molar-refractivity contribution is -0.143. The zero-order valence-electron chi connectivity index (χ0n) is 16.2. The van der Waals surface area contributed by atoms with Gasteiger partial charge in [-0.15, -0.1) is 0 Å². The minimum Gasteiger partial charge on any atom is -0.484 e. The van der Waals surface area contributed by atoms with Gasteiger partial charge in [0.15, 0.2) is 0 Å². The van der Waals surface area contributed by atoms with Gasteiger partial charge in [-0.05, 0) is 37.0 Å². The van der Waals surface area contributed by atoms with Gasteiger partial charge in [0.25, 0.3) is 0 Å². The van der Waals surface area contributed by atoms with Crippen molar-refractivity contribution in [2.45, 2.75) is 26.4 Å². The summed E-state index contributed by atoms with van der Waals surface area (Å²) in [4.78, 5) is 25.7. The van der Waals surface area contributed by atoms with Crippen LogP contribution in [0.1, 0.15) is 31.9 Å². The Bertz CT molecular complexity index is 824. The van der Waals surface area contributed by atoms with E-state index in [0.29, 0.717) is 24.4 Å². The highest BCUT2D eigenvalue weighted by Crippen LogP contribution is 2.30. The fraction of sp³-hybridized carbons (Fsp3) is 0.364. The molecule has 2 aromatic carbocycles. The molecule has 0 radical (unpaired) electrons. The number of para-hydroxylation sites is 2. The van der Waals surface area contributed by atoms with Crippen LogP contribution in [0.25, 0.3) is 0 Å². The summed E-state index contributed by atoms with van der Waals surface area (Å²) >= 11 is 0. The molecule has 3 atom stereocenters. The second-order valence-electron chi connectivity index (χ2n) is 7.38. The number of nitrogens with zero attached hydrogens (tertiary/aromatic N) is 1. The number of hydrogen-bond donors (Lipinski definition) is 2. The van der Waals surface area contributed by atoms with Crippen LogP contribution in [0, 0.1) is 11.8 Å². The van der Waals surface area contributed by atoms with Crippen molar-refractivity contribution < 1.29 is 19.4 Å². The summed E-state index contributed by atoms with van der Waals surface area (Å²) in [6.07, 6.45) is 0.415. The van der Waals surface area contributed by atoms with Crippen molar-refractivity contribution in [2.24, 2.45) is 11.8 Å². The number of carboxylic acids is 1. The lowest BCUT2D eigenvalue weighted by atomic mass is 9.91.